The summed E-state index contributed by atoms with van der Waals surface area (Å²) in [5.74, 6) is -0.443. The van der Waals surface area contributed by atoms with Gasteiger partial charge in [0.2, 0.25) is 17.7 Å². The summed E-state index contributed by atoms with van der Waals surface area (Å²) in [5, 5.41) is 19.8. The van der Waals surface area contributed by atoms with E-state index in [9.17, 15) is 24.4 Å². The van der Waals surface area contributed by atoms with Gasteiger partial charge in [-0.25, -0.2) is 9.89 Å². The van der Waals surface area contributed by atoms with Gasteiger partial charge in [0.15, 0.2) is 0 Å². The molecule has 12 nitrogen and oxygen atoms in total. The van der Waals surface area contributed by atoms with Crippen LogP contribution < -0.4 is 22.5 Å². The number of nitrogens with one attached hydrogen (secondary N) is 3. The number of nitrogens with zero attached hydrogens (tertiary/aromatic N) is 3. The van der Waals surface area contributed by atoms with Crippen LogP contribution in [0.15, 0.2) is 41.2 Å². The molecule has 3 aliphatic rings. The van der Waals surface area contributed by atoms with Gasteiger partial charge in [0.1, 0.15) is 11.9 Å². The monoisotopic (exact) mass is 568 g/mol. The van der Waals surface area contributed by atoms with Gasteiger partial charge in [0.25, 0.3) is 0 Å². The molecule has 0 unspecified atom stereocenters. The number of aromatic nitrogens is 3. The molecule has 0 radical (unpaired) electrons. The quantitative estimate of drug-likeness (QED) is 0.262. The highest BCUT2D eigenvalue weighted by Crippen LogP contribution is 2.48. The number of amides is 3. The van der Waals surface area contributed by atoms with Gasteiger partial charge < -0.3 is 21.7 Å². The van der Waals surface area contributed by atoms with Gasteiger partial charge in [0, 0.05) is 23.2 Å². The maximum atomic E-state index is 13.2. The molecule has 2 fully saturated rings. The summed E-state index contributed by atoms with van der Waals surface area (Å²) >= 11 is 0. The number of aromatic amines is 2. The third-order valence-electron chi connectivity index (χ3n) is 9.02. The predicted octanol–water partition coefficient (Wildman–Crippen LogP) is 0.610. The van der Waals surface area contributed by atoms with Crippen LogP contribution in [0.5, 0.6) is 0 Å². The van der Waals surface area contributed by atoms with Crippen LogP contribution in [0.2, 0.25) is 0 Å². The molecule has 2 aliphatic carbocycles. The molecule has 1 aliphatic heterocycles. The smallest absolute Gasteiger partial charge is 0.340 e. The van der Waals surface area contributed by atoms with Gasteiger partial charge >= 0.3 is 5.69 Å². The van der Waals surface area contributed by atoms with E-state index in [0.29, 0.717) is 42.1 Å². The first-order valence-electron chi connectivity index (χ1n) is 14.1. The average Bonchev–Trinajstić information content (AvgIpc) is 3.46. The first-order chi connectivity index (χ1) is 20.1. The molecule has 4 atom stereocenters. The molecule has 1 saturated heterocycles. The third kappa shape index (κ3) is 4.55. The summed E-state index contributed by atoms with van der Waals surface area (Å²) in [7, 11) is 0. The lowest BCUT2D eigenvalue weighted by molar-refractivity contribution is -0.131. The molecule has 2 aromatic carbocycles. The molecule has 12 heteroatoms. The zero-order valence-electron chi connectivity index (χ0n) is 23.1. The Bertz CT molecular complexity index is 1640. The average molecular weight is 569 g/mol. The summed E-state index contributed by atoms with van der Waals surface area (Å²) in [6.45, 7) is 2.00. The van der Waals surface area contributed by atoms with Gasteiger partial charge in [-0.15, -0.1) is 0 Å². The largest absolute Gasteiger partial charge is 0.366 e. The van der Waals surface area contributed by atoms with Crippen LogP contribution in [-0.4, -0.2) is 62.5 Å². The summed E-state index contributed by atoms with van der Waals surface area (Å²) in [5.41, 5.74) is 13.8. The van der Waals surface area contributed by atoms with Gasteiger partial charge in [-0.3, -0.25) is 19.4 Å². The first kappa shape index (κ1) is 27.4. The molecule has 42 heavy (non-hydrogen) atoms. The Morgan fingerprint density at radius 2 is 1.71 bits per heavy atom. The van der Waals surface area contributed by atoms with Crippen LogP contribution in [0.4, 0.5) is 0 Å². The maximum absolute atomic E-state index is 13.2. The van der Waals surface area contributed by atoms with Gasteiger partial charge in [-0.1, -0.05) is 12.1 Å². The Balaban J connectivity index is 1.43. The van der Waals surface area contributed by atoms with Gasteiger partial charge in [-0.05, 0) is 91.5 Å². The van der Waals surface area contributed by atoms with Crippen molar-refractivity contribution < 1.29 is 14.4 Å². The summed E-state index contributed by atoms with van der Waals surface area (Å²) in [6, 6.07) is 12.3. The maximum Gasteiger partial charge on any atom is 0.340 e. The molecule has 216 valence electrons. The highest BCUT2D eigenvalue weighted by atomic mass is 16.2. The number of likely N-dealkylation sites (tertiary alicyclic amines) is 1. The van der Waals surface area contributed by atoms with E-state index in [1.165, 1.54) is 0 Å². The lowest BCUT2D eigenvalue weighted by Gasteiger charge is -2.37. The van der Waals surface area contributed by atoms with Crippen LogP contribution in [0.3, 0.4) is 0 Å². The number of hydrogen-bond donors (Lipinski definition) is 5. The van der Waals surface area contributed by atoms with Crippen molar-refractivity contribution in [2.24, 2.45) is 17.4 Å². The number of piperidine rings is 1. The van der Waals surface area contributed by atoms with E-state index in [1.807, 2.05) is 19.1 Å². The van der Waals surface area contributed by atoms with Gasteiger partial charge in [-0.2, -0.15) is 10.4 Å². The van der Waals surface area contributed by atoms with E-state index < -0.39 is 29.0 Å². The van der Waals surface area contributed by atoms with Crippen molar-refractivity contribution in [1.29, 1.82) is 5.26 Å². The van der Waals surface area contributed by atoms with Crippen LogP contribution >= 0.6 is 0 Å². The van der Waals surface area contributed by atoms with Crippen molar-refractivity contribution in [3.63, 3.8) is 0 Å². The van der Waals surface area contributed by atoms with E-state index in [4.69, 9.17) is 11.5 Å². The summed E-state index contributed by atoms with van der Waals surface area (Å²) in [6.07, 6.45) is 3.11. The molecular formula is C30H32N8O4. The van der Waals surface area contributed by atoms with E-state index >= 15 is 0 Å². The molecule has 7 N–H and O–H groups in total. The third-order valence-corrected chi connectivity index (χ3v) is 9.02. The Kier molecular flexibility index (Phi) is 6.69. The zero-order valence-corrected chi connectivity index (χ0v) is 23.1. The standard InChI is InChI=1S/C30H32N8O4/c1-15(34-14-25(39)38-21(13-31)10-20-11-24(20)38)12-30(28-35-29(42)37-36-28)22-6-4-18(26(32)40)8-16(22)2-3-17-9-19(27(33)41)5-7-23(17)30/h4-9,15,20-21,24,34H,2-3,10-12,14H2,1H3,(H2,32,40)(H2,33,41)(H2,35,36,37,42)/t15-,20-,21+,24+/m1/s1. The summed E-state index contributed by atoms with van der Waals surface area (Å²) < 4.78 is 0. The Hall–Kier alpha value is -4.76. The number of H-pyrrole nitrogens is 2. The highest BCUT2D eigenvalue weighted by Gasteiger charge is 2.54. The Labute approximate surface area is 241 Å². The normalized spacial score (nSPS) is 22.2. The molecular weight excluding hydrogens is 536 g/mol. The topological polar surface area (TPSA) is 204 Å². The summed E-state index contributed by atoms with van der Waals surface area (Å²) in [4.78, 5) is 54.4. The van der Waals surface area contributed by atoms with Crippen molar-refractivity contribution >= 4 is 17.7 Å². The second-order valence-electron chi connectivity index (χ2n) is 11.6. The van der Waals surface area contributed by atoms with Crippen molar-refractivity contribution in [3.05, 3.63) is 86.1 Å². The minimum absolute atomic E-state index is 0.0523. The number of primary amides is 2. The lowest BCUT2D eigenvalue weighted by atomic mass is 9.67. The predicted molar refractivity (Wildman–Crippen MR) is 151 cm³/mol. The molecule has 1 saturated carbocycles. The highest BCUT2D eigenvalue weighted by molar-refractivity contribution is 5.94. The number of carbonyl (C=O) groups is 3. The SMILES string of the molecule is C[C@H](CC1(c2n[nH]c(=O)[nH]2)c2ccc(C(N)=O)cc2CCc2cc(C(N)=O)ccc21)NCC(=O)N1[C@H](C#N)C[C@@H]2C[C@@H]21. The number of nitrogens with two attached hydrogens (primary N) is 2. The number of rotatable bonds is 8. The molecule has 0 bridgehead atoms. The lowest BCUT2D eigenvalue weighted by Crippen LogP contribution is -2.46. The van der Waals surface area contributed by atoms with Crippen LogP contribution in [0.1, 0.15) is 75.0 Å². The molecule has 1 aromatic heterocycles. The first-order valence-corrected chi connectivity index (χ1v) is 14.1. The minimum atomic E-state index is -1.04. The van der Waals surface area contributed by atoms with E-state index in [2.05, 4.69) is 26.6 Å². The zero-order chi connectivity index (χ0) is 29.8. The van der Waals surface area contributed by atoms with Crippen molar-refractivity contribution in [3.8, 4) is 6.07 Å². The minimum Gasteiger partial charge on any atom is -0.366 e. The number of hydrogen-bond acceptors (Lipinski definition) is 7. The van der Waals surface area contributed by atoms with Crippen LogP contribution in [-0.2, 0) is 23.1 Å². The second-order valence-corrected chi connectivity index (χ2v) is 11.6. The number of fused-ring (bicyclic) bond motifs is 3. The molecule has 3 amide bonds. The van der Waals surface area contributed by atoms with Crippen molar-refractivity contribution in [2.75, 3.05) is 6.54 Å². The molecule has 2 heterocycles. The van der Waals surface area contributed by atoms with E-state index in [-0.39, 0.29) is 24.5 Å². The number of aryl methyl sites for hydroxylation is 2. The van der Waals surface area contributed by atoms with Crippen molar-refractivity contribution in [1.82, 2.24) is 25.4 Å². The fourth-order valence-electron chi connectivity index (χ4n) is 7.01. The molecule has 0 spiro atoms. The number of carbonyl (C=O) groups excluding carboxylic acids is 3. The second kappa shape index (κ2) is 10.3. The molecule has 6 rings (SSSR count). The van der Waals surface area contributed by atoms with E-state index in [0.717, 1.165) is 35.1 Å². The number of nitriles is 1. The fraction of sp³-hybridized carbons (Fsp3) is 0.400. The Morgan fingerprint density at radius 3 is 2.24 bits per heavy atom. The van der Waals surface area contributed by atoms with Crippen LogP contribution in [0, 0.1) is 17.2 Å². The van der Waals surface area contributed by atoms with Crippen molar-refractivity contribution in [2.45, 2.75) is 62.6 Å². The molecule has 3 aromatic rings. The number of benzene rings is 2. The fourth-order valence-corrected chi connectivity index (χ4v) is 7.01. The van der Waals surface area contributed by atoms with Crippen LogP contribution in [0.25, 0.3) is 0 Å². The van der Waals surface area contributed by atoms with E-state index in [1.54, 1.807) is 29.2 Å². The Morgan fingerprint density at radius 1 is 1.10 bits per heavy atom. The van der Waals surface area contributed by atoms with Gasteiger partial charge in [0.05, 0.1) is 18.0 Å².